The average molecular weight is 385 g/mol. The van der Waals surface area contributed by atoms with Gasteiger partial charge in [0.2, 0.25) is 5.91 Å². The Labute approximate surface area is 150 Å². The third kappa shape index (κ3) is 3.32. The Morgan fingerprint density at radius 2 is 1.92 bits per heavy atom. The Morgan fingerprint density at radius 1 is 1.23 bits per heavy atom. The minimum absolute atomic E-state index is 0.0839. The van der Waals surface area contributed by atoms with Gasteiger partial charge >= 0.3 is 11.9 Å². The molecule has 0 aliphatic carbocycles. The van der Waals surface area contributed by atoms with Gasteiger partial charge in [0, 0.05) is 5.69 Å². The molecule has 9 heteroatoms. The molecule has 0 saturated carbocycles. The summed E-state index contributed by atoms with van der Waals surface area (Å²) in [4.78, 5) is 24.4. The molecule has 1 heterocycles. The number of rotatable bonds is 3. The van der Waals surface area contributed by atoms with Crippen LogP contribution < -0.4 is 11.1 Å². The number of hydrogen-bond acceptors (Lipinski definition) is 3. The number of fused-ring (bicyclic) bond motifs is 1. The lowest BCUT2D eigenvalue weighted by Crippen LogP contribution is -2.29. The van der Waals surface area contributed by atoms with Crippen molar-refractivity contribution >= 4 is 34.3 Å². The number of benzene rings is 2. The van der Waals surface area contributed by atoms with Crippen molar-refractivity contribution in [2.24, 2.45) is 0 Å². The number of oxazole rings is 1. The molecule has 3 aromatic rings. The van der Waals surface area contributed by atoms with E-state index in [2.05, 4.69) is 5.32 Å². The number of carbonyl (C=O) groups is 1. The van der Waals surface area contributed by atoms with Gasteiger partial charge in [0.25, 0.3) is 0 Å². The molecule has 1 aromatic heterocycles. The summed E-state index contributed by atoms with van der Waals surface area (Å²) < 4.78 is 45.0. The normalized spacial score (nSPS) is 13.0. The summed E-state index contributed by atoms with van der Waals surface area (Å²) in [5, 5.41) is 1.89. The van der Waals surface area contributed by atoms with E-state index in [0.29, 0.717) is 11.1 Å². The Bertz CT molecular complexity index is 1040. The lowest BCUT2D eigenvalue weighted by molar-refractivity contribution is -0.137. The smallest absolute Gasteiger partial charge is 0.408 e. The van der Waals surface area contributed by atoms with Gasteiger partial charge in [0.15, 0.2) is 5.58 Å². The van der Waals surface area contributed by atoms with Gasteiger partial charge in [0.1, 0.15) is 6.04 Å². The van der Waals surface area contributed by atoms with Crippen molar-refractivity contribution < 1.29 is 22.4 Å². The number of carbonyl (C=O) groups excluding carboxylic acids is 1. The van der Waals surface area contributed by atoms with Crippen LogP contribution in [0.4, 0.5) is 18.9 Å². The van der Waals surface area contributed by atoms with Crippen molar-refractivity contribution in [3.05, 3.63) is 63.6 Å². The van der Waals surface area contributed by atoms with E-state index < -0.39 is 34.5 Å². The fourth-order valence-electron chi connectivity index (χ4n) is 2.54. The average Bonchev–Trinajstić information content (AvgIpc) is 2.90. The van der Waals surface area contributed by atoms with Crippen LogP contribution >= 0.6 is 11.6 Å². The molecule has 3 rings (SSSR count). The molecule has 0 saturated heterocycles. The topological polar surface area (TPSA) is 64.2 Å². The van der Waals surface area contributed by atoms with Gasteiger partial charge in [-0.2, -0.15) is 13.2 Å². The molecular formula is C17H12ClF3N2O3. The predicted molar refractivity (Wildman–Crippen MR) is 90.3 cm³/mol. The summed E-state index contributed by atoms with van der Waals surface area (Å²) >= 11 is 5.56. The number of para-hydroxylation sites is 2. The van der Waals surface area contributed by atoms with E-state index in [4.69, 9.17) is 16.0 Å². The molecule has 136 valence electrons. The van der Waals surface area contributed by atoms with Crippen LogP contribution in [0.25, 0.3) is 11.1 Å². The Balaban J connectivity index is 1.91. The molecule has 0 fully saturated rings. The Morgan fingerprint density at radius 3 is 2.62 bits per heavy atom. The van der Waals surface area contributed by atoms with Crippen molar-refractivity contribution in [1.82, 2.24) is 4.57 Å². The van der Waals surface area contributed by atoms with E-state index in [1.165, 1.54) is 13.0 Å². The highest BCUT2D eigenvalue weighted by Crippen LogP contribution is 2.36. The van der Waals surface area contributed by atoms with Gasteiger partial charge < -0.3 is 9.73 Å². The van der Waals surface area contributed by atoms with Crippen molar-refractivity contribution in [3.63, 3.8) is 0 Å². The van der Waals surface area contributed by atoms with Crippen LogP contribution in [-0.2, 0) is 11.0 Å². The number of anilines is 1. The molecule has 1 unspecified atom stereocenters. The summed E-state index contributed by atoms with van der Waals surface area (Å²) in [7, 11) is 0. The summed E-state index contributed by atoms with van der Waals surface area (Å²) in [6.45, 7) is 1.44. The molecule has 0 aliphatic rings. The van der Waals surface area contributed by atoms with Gasteiger partial charge in [0.05, 0.1) is 16.1 Å². The fourth-order valence-corrected chi connectivity index (χ4v) is 2.76. The third-order valence-corrected chi connectivity index (χ3v) is 4.15. The van der Waals surface area contributed by atoms with E-state index in [0.717, 1.165) is 16.7 Å². The highest BCUT2D eigenvalue weighted by atomic mass is 35.5. The first-order valence-corrected chi connectivity index (χ1v) is 7.84. The molecule has 5 nitrogen and oxygen atoms in total. The number of nitrogens with zero attached hydrogens (tertiary/aromatic N) is 1. The molecule has 26 heavy (non-hydrogen) atoms. The zero-order valence-electron chi connectivity index (χ0n) is 13.3. The first-order chi connectivity index (χ1) is 12.2. The molecule has 1 amide bonds. The van der Waals surface area contributed by atoms with E-state index in [1.54, 1.807) is 24.3 Å². The summed E-state index contributed by atoms with van der Waals surface area (Å²) in [5.41, 5.74) is -0.426. The zero-order chi connectivity index (χ0) is 19.1. The maximum atomic E-state index is 12.9. The first-order valence-electron chi connectivity index (χ1n) is 7.46. The van der Waals surface area contributed by atoms with Crippen LogP contribution in [0.2, 0.25) is 5.02 Å². The van der Waals surface area contributed by atoms with Crippen molar-refractivity contribution in [3.8, 4) is 0 Å². The Kier molecular flexibility index (Phi) is 4.53. The van der Waals surface area contributed by atoms with Crippen molar-refractivity contribution in [2.75, 3.05) is 5.32 Å². The molecule has 1 atom stereocenters. The second-order valence-electron chi connectivity index (χ2n) is 5.56. The quantitative estimate of drug-likeness (QED) is 0.724. The monoisotopic (exact) mass is 384 g/mol. The molecule has 0 bridgehead atoms. The van der Waals surface area contributed by atoms with Gasteiger partial charge in [-0.1, -0.05) is 23.7 Å². The lowest BCUT2D eigenvalue weighted by Gasteiger charge is -2.15. The van der Waals surface area contributed by atoms with Crippen LogP contribution in [0.15, 0.2) is 51.7 Å². The van der Waals surface area contributed by atoms with Gasteiger partial charge in [-0.15, -0.1) is 0 Å². The van der Waals surface area contributed by atoms with Crippen molar-refractivity contribution in [2.45, 2.75) is 19.1 Å². The van der Waals surface area contributed by atoms with E-state index in [1.807, 2.05) is 0 Å². The maximum Gasteiger partial charge on any atom is 0.420 e. The number of aromatic nitrogens is 1. The zero-order valence-corrected chi connectivity index (χ0v) is 14.1. The minimum Gasteiger partial charge on any atom is -0.408 e. The number of amides is 1. The maximum absolute atomic E-state index is 12.9. The molecule has 2 aromatic carbocycles. The molecule has 0 aliphatic heterocycles. The standard InChI is InChI=1S/C17H12ClF3N2O3/c1-9(23-13-4-2-3-5-14(13)26-16(23)25)15(24)22-10-6-7-12(18)11(8-10)17(19,20)21/h2-9H,1H3,(H,22,24). The largest absolute Gasteiger partial charge is 0.420 e. The van der Waals surface area contributed by atoms with Crippen LogP contribution in [0.1, 0.15) is 18.5 Å². The lowest BCUT2D eigenvalue weighted by atomic mass is 10.2. The molecular weight excluding hydrogens is 373 g/mol. The first kappa shape index (κ1) is 18.1. The molecule has 0 radical (unpaired) electrons. The Hall–Kier alpha value is -2.74. The second kappa shape index (κ2) is 6.53. The van der Waals surface area contributed by atoms with Crippen molar-refractivity contribution in [1.29, 1.82) is 0 Å². The van der Waals surface area contributed by atoms with Crippen LogP contribution in [0.5, 0.6) is 0 Å². The van der Waals surface area contributed by atoms with E-state index in [-0.39, 0.29) is 5.69 Å². The van der Waals surface area contributed by atoms with E-state index >= 15 is 0 Å². The number of halogens is 4. The highest BCUT2D eigenvalue weighted by Gasteiger charge is 2.33. The molecule has 0 spiro atoms. The number of nitrogens with one attached hydrogen (secondary N) is 1. The van der Waals surface area contributed by atoms with Gasteiger partial charge in [-0.25, -0.2) is 4.79 Å². The number of alkyl halides is 3. The van der Waals surface area contributed by atoms with Gasteiger partial charge in [-0.3, -0.25) is 9.36 Å². The van der Waals surface area contributed by atoms with Crippen LogP contribution in [0.3, 0.4) is 0 Å². The second-order valence-corrected chi connectivity index (χ2v) is 5.97. The minimum atomic E-state index is -4.65. The number of hydrogen-bond donors (Lipinski definition) is 1. The van der Waals surface area contributed by atoms with Crippen LogP contribution in [-0.4, -0.2) is 10.5 Å². The summed E-state index contributed by atoms with van der Waals surface area (Å²) in [6, 6.07) is 8.56. The van der Waals surface area contributed by atoms with Crippen LogP contribution in [0, 0.1) is 0 Å². The van der Waals surface area contributed by atoms with E-state index in [9.17, 15) is 22.8 Å². The molecule has 1 N–H and O–H groups in total. The summed E-state index contributed by atoms with van der Waals surface area (Å²) in [6.07, 6.45) is -4.65. The SMILES string of the molecule is CC(C(=O)Nc1ccc(Cl)c(C(F)(F)F)c1)n1c(=O)oc2ccccc21. The van der Waals surface area contributed by atoms with Gasteiger partial charge in [-0.05, 0) is 37.3 Å². The fraction of sp³-hybridized carbons (Fsp3) is 0.176. The highest BCUT2D eigenvalue weighted by molar-refractivity contribution is 6.31. The third-order valence-electron chi connectivity index (χ3n) is 3.82. The predicted octanol–water partition coefficient (Wildman–Crippen LogP) is 4.47. The summed E-state index contributed by atoms with van der Waals surface area (Å²) in [5.74, 6) is -1.41.